The predicted molar refractivity (Wildman–Crippen MR) is 76.0 cm³/mol. The van der Waals surface area contributed by atoms with Crippen molar-refractivity contribution in [2.45, 2.75) is 31.9 Å². The Morgan fingerprint density at radius 2 is 2.45 bits per heavy atom. The maximum absolute atomic E-state index is 11.7. The topological polar surface area (TPSA) is 79.4 Å². The zero-order chi connectivity index (χ0) is 13.9. The number of nitrogens with zero attached hydrogens (tertiary/aromatic N) is 3. The Balaban J connectivity index is 1.41. The third kappa shape index (κ3) is 3.25. The molecule has 0 aliphatic carbocycles. The number of aryl methyl sites for hydroxylation is 1. The minimum absolute atomic E-state index is 0.0752. The van der Waals surface area contributed by atoms with Gasteiger partial charge < -0.3 is 10.1 Å². The van der Waals surface area contributed by atoms with Crippen molar-refractivity contribution in [2.75, 3.05) is 31.6 Å². The Hall–Kier alpha value is -1.25. The van der Waals surface area contributed by atoms with Crippen LogP contribution >= 0.6 is 11.3 Å². The molecule has 0 radical (unpaired) electrons. The highest BCUT2D eigenvalue weighted by atomic mass is 32.1. The molecule has 1 aromatic heterocycles. The van der Waals surface area contributed by atoms with Gasteiger partial charge in [0.25, 0.3) is 0 Å². The number of amides is 2. The number of carbonyl (C=O) groups is 1. The van der Waals surface area contributed by atoms with E-state index < -0.39 is 0 Å². The van der Waals surface area contributed by atoms with Crippen molar-refractivity contribution in [1.29, 1.82) is 0 Å². The van der Waals surface area contributed by atoms with Gasteiger partial charge in [0.1, 0.15) is 5.01 Å². The number of fused-ring (bicyclic) bond motifs is 1. The minimum Gasteiger partial charge on any atom is -0.373 e. The summed E-state index contributed by atoms with van der Waals surface area (Å²) in [6.07, 6.45) is 2.56. The van der Waals surface area contributed by atoms with Crippen molar-refractivity contribution >= 4 is 22.5 Å². The lowest BCUT2D eigenvalue weighted by molar-refractivity contribution is -0.0456. The molecule has 2 aliphatic heterocycles. The van der Waals surface area contributed by atoms with Crippen LogP contribution in [0, 0.1) is 6.92 Å². The lowest BCUT2D eigenvalue weighted by Gasteiger charge is -2.35. The summed E-state index contributed by atoms with van der Waals surface area (Å²) in [7, 11) is 0. The van der Waals surface area contributed by atoms with Crippen molar-refractivity contribution in [3.8, 4) is 0 Å². The van der Waals surface area contributed by atoms with Crippen LogP contribution in [0.25, 0.3) is 0 Å². The first kappa shape index (κ1) is 13.7. The largest absolute Gasteiger partial charge is 0.373 e. The van der Waals surface area contributed by atoms with Crippen molar-refractivity contribution in [3.63, 3.8) is 0 Å². The van der Waals surface area contributed by atoms with Crippen LogP contribution < -0.4 is 10.6 Å². The fraction of sp³-hybridized carbons (Fsp3) is 0.750. The normalized spacial score (nSPS) is 26.2. The Bertz CT molecular complexity index is 480. The molecular formula is C12H19N5O2S. The molecule has 0 saturated carbocycles. The monoisotopic (exact) mass is 297 g/mol. The lowest BCUT2D eigenvalue weighted by atomic mass is 10.2. The molecule has 110 valence electrons. The third-order valence-electron chi connectivity index (χ3n) is 3.70. The van der Waals surface area contributed by atoms with E-state index in [4.69, 9.17) is 4.74 Å². The molecule has 0 spiro atoms. The second-order valence-corrected chi connectivity index (χ2v) is 6.39. The van der Waals surface area contributed by atoms with Crippen molar-refractivity contribution in [1.82, 2.24) is 20.4 Å². The van der Waals surface area contributed by atoms with Gasteiger partial charge in [-0.15, -0.1) is 10.2 Å². The number of hydrogen-bond donors (Lipinski definition) is 2. The van der Waals surface area contributed by atoms with E-state index in [-0.39, 0.29) is 12.1 Å². The average molecular weight is 297 g/mol. The summed E-state index contributed by atoms with van der Waals surface area (Å²) in [4.78, 5) is 14.2. The van der Waals surface area contributed by atoms with Crippen LogP contribution in [-0.4, -0.2) is 59.5 Å². The van der Waals surface area contributed by atoms with Crippen LogP contribution in [0.3, 0.4) is 0 Å². The predicted octanol–water partition coefficient (Wildman–Crippen LogP) is 0.831. The summed E-state index contributed by atoms with van der Waals surface area (Å²) in [5.41, 5.74) is 0. The van der Waals surface area contributed by atoms with Crippen molar-refractivity contribution in [3.05, 3.63) is 5.01 Å². The molecule has 2 saturated heterocycles. The molecule has 2 amide bonds. The van der Waals surface area contributed by atoms with Crippen molar-refractivity contribution in [2.24, 2.45) is 0 Å². The summed E-state index contributed by atoms with van der Waals surface area (Å²) in [6.45, 7) is 5.21. The molecule has 8 heteroatoms. The van der Waals surface area contributed by atoms with Gasteiger partial charge in [-0.3, -0.25) is 10.2 Å². The highest BCUT2D eigenvalue weighted by Gasteiger charge is 2.32. The van der Waals surface area contributed by atoms with Crippen LogP contribution in [0.5, 0.6) is 0 Å². The molecule has 0 bridgehead atoms. The summed E-state index contributed by atoms with van der Waals surface area (Å²) >= 11 is 1.36. The molecule has 1 aromatic rings. The number of morpholine rings is 1. The first-order valence-corrected chi connectivity index (χ1v) is 7.73. The highest BCUT2D eigenvalue weighted by molar-refractivity contribution is 7.15. The van der Waals surface area contributed by atoms with Gasteiger partial charge in [-0.05, 0) is 26.3 Å². The van der Waals surface area contributed by atoms with Gasteiger partial charge in [-0.2, -0.15) is 0 Å². The van der Waals surface area contributed by atoms with Gasteiger partial charge in [0.2, 0.25) is 5.13 Å². The van der Waals surface area contributed by atoms with Gasteiger partial charge in [-0.25, -0.2) is 4.79 Å². The molecule has 2 atom stereocenters. The first-order chi connectivity index (χ1) is 9.70. The van der Waals surface area contributed by atoms with E-state index in [1.165, 1.54) is 24.2 Å². The SMILES string of the molecule is Cc1nnc(NC(=O)NCC2CN3CCCC3CO2)s1. The quantitative estimate of drug-likeness (QED) is 0.864. The molecule has 2 fully saturated rings. The first-order valence-electron chi connectivity index (χ1n) is 6.91. The van der Waals surface area contributed by atoms with E-state index in [1.807, 2.05) is 6.92 Å². The molecule has 2 N–H and O–H groups in total. The summed E-state index contributed by atoms with van der Waals surface area (Å²) in [5, 5.41) is 14.6. The number of hydrogen-bond acceptors (Lipinski definition) is 6. The van der Waals surface area contributed by atoms with E-state index in [9.17, 15) is 4.79 Å². The zero-order valence-corrected chi connectivity index (χ0v) is 12.3. The summed E-state index contributed by atoms with van der Waals surface area (Å²) in [5.74, 6) is 0. The second-order valence-electron chi connectivity index (χ2n) is 5.21. The Morgan fingerprint density at radius 3 is 3.25 bits per heavy atom. The number of ether oxygens (including phenoxy) is 1. The Kier molecular flexibility index (Phi) is 4.13. The molecule has 20 heavy (non-hydrogen) atoms. The summed E-state index contributed by atoms with van der Waals surface area (Å²) < 4.78 is 5.79. The van der Waals surface area contributed by atoms with E-state index >= 15 is 0 Å². The number of rotatable bonds is 3. The molecule has 3 heterocycles. The van der Waals surface area contributed by atoms with Crippen LogP contribution in [-0.2, 0) is 4.74 Å². The number of anilines is 1. The maximum Gasteiger partial charge on any atom is 0.321 e. The van der Waals surface area contributed by atoms with Crippen LogP contribution in [0.15, 0.2) is 0 Å². The molecular weight excluding hydrogens is 278 g/mol. The Morgan fingerprint density at radius 1 is 1.55 bits per heavy atom. The lowest BCUT2D eigenvalue weighted by Crippen LogP contribution is -2.50. The standard InChI is InChI=1S/C12H19N5O2S/c1-8-15-16-12(20-8)14-11(18)13-5-10-6-17-4-2-3-9(17)7-19-10/h9-10H,2-7H2,1H3,(H2,13,14,16,18). The van der Waals surface area contributed by atoms with Crippen LogP contribution in [0.2, 0.25) is 0 Å². The fourth-order valence-corrected chi connectivity index (χ4v) is 3.29. The number of nitrogens with one attached hydrogen (secondary N) is 2. The Labute approximate surface area is 121 Å². The van der Waals surface area contributed by atoms with E-state index in [2.05, 4.69) is 25.7 Å². The zero-order valence-electron chi connectivity index (χ0n) is 11.5. The third-order valence-corrected chi connectivity index (χ3v) is 4.45. The minimum atomic E-state index is -0.256. The smallest absolute Gasteiger partial charge is 0.321 e. The van der Waals surface area contributed by atoms with Gasteiger partial charge in [0, 0.05) is 19.1 Å². The fourth-order valence-electron chi connectivity index (χ4n) is 2.70. The van der Waals surface area contributed by atoms with Gasteiger partial charge in [0.05, 0.1) is 12.7 Å². The second kappa shape index (κ2) is 6.02. The number of urea groups is 1. The molecule has 3 rings (SSSR count). The average Bonchev–Trinajstić information content (AvgIpc) is 3.04. The van der Waals surface area contributed by atoms with Gasteiger partial charge in [-0.1, -0.05) is 11.3 Å². The molecule has 7 nitrogen and oxygen atoms in total. The number of aromatic nitrogens is 2. The maximum atomic E-state index is 11.7. The van der Waals surface area contributed by atoms with Gasteiger partial charge in [0.15, 0.2) is 0 Å². The van der Waals surface area contributed by atoms with E-state index in [0.29, 0.717) is 17.7 Å². The number of carbonyl (C=O) groups excluding carboxylic acids is 1. The van der Waals surface area contributed by atoms with E-state index in [1.54, 1.807) is 0 Å². The molecule has 2 aliphatic rings. The van der Waals surface area contributed by atoms with Crippen LogP contribution in [0.4, 0.5) is 9.93 Å². The summed E-state index contributed by atoms with van der Waals surface area (Å²) in [6, 6.07) is 0.331. The molecule has 0 aromatic carbocycles. The highest BCUT2D eigenvalue weighted by Crippen LogP contribution is 2.22. The molecule has 2 unspecified atom stereocenters. The van der Waals surface area contributed by atoms with Gasteiger partial charge >= 0.3 is 6.03 Å². The van der Waals surface area contributed by atoms with E-state index in [0.717, 1.165) is 24.7 Å². The van der Waals surface area contributed by atoms with Crippen molar-refractivity contribution < 1.29 is 9.53 Å². The van der Waals surface area contributed by atoms with Crippen LogP contribution in [0.1, 0.15) is 17.8 Å².